The second-order valence-electron chi connectivity index (χ2n) is 6.90. The van der Waals surface area contributed by atoms with Gasteiger partial charge in [0.25, 0.3) is 0 Å². The Kier molecular flexibility index (Phi) is 5.31. The number of fused-ring (bicyclic) bond motifs is 3. The molecule has 1 aliphatic rings. The Morgan fingerprint density at radius 3 is 2.31 bits per heavy atom. The number of nitrogens with zero attached hydrogens (tertiary/aromatic N) is 1. The summed E-state index contributed by atoms with van der Waals surface area (Å²) >= 11 is 1.36. The maximum Gasteiger partial charge on any atom is 0.407 e. The number of thiazole rings is 1. The topological polar surface area (TPSA) is 88.5 Å². The lowest BCUT2D eigenvalue weighted by Crippen LogP contribution is -2.31. The van der Waals surface area contributed by atoms with Crippen LogP contribution >= 0.6 is 11.3 Å². The van der Waals surface area contributed by atoms with E-state index in [0.717, 1.165) is 27.3 Å². The maximum absolute atomic E-state index is 12.5. The Labute approximate surface area is 172 Å². The van der Waals surface area contributed by atoms with Crippen LogP contribution in [0.1, 0.15) is 39.4 Å². The van der Waals surface area contributed by atoms with E-state index in [-0.39, 0.29) is 18.9 Å². The molecule has 0 spiro atoms. The Balaban J connectivity index is 1.47. The van der Waals surface area contributed by atoms with Gasteiger partial charge in [0, 0.05) is 17.0 Å². The number of ether oxygens (including phenoxy) is 1. The van der Waals surface area contributed by atoms with Gasteiger partial charge in [0.1, 0.15) is 6.61 Å². The molecular formula is C22H20N2O4S. The van der Waals surface area contributed by atoms with Gasteiger partial charge in [0.05, 0.1) is 17.5 Å². The molecule has 2 N–H and O–H groups in total. The third kappa shape index (κ3) is 4.00. The molecule has 1 heterocycles. The molecule has 1 aromatic heterocycles. The van der Waals surface area contributed by atoms with E-state index in [4.69, 9.17) is 4.74 Å². The van der Waals surface area contributed by atoms with Crippen LogP contribution in [-0.2, 0) is 9.53 Å². The second-order valence-corrected chi connectivity index (χ2v) is 8.17. The molecule has 1 unspecified atom stereocenters. The Morgan fingerprint density at radius 1 is 1.14 bits per heavy atom. The number of carboxylic acid groups (broad SMARTS) is 1. The van der Waals surface area contributed by atoms with Crippen molar-refractivity contribution in [3.05, 3.63) is 75.7 Å². The molecule has 0 fully saturated rings. The van der Waals surface area contributed by atoms with E-state index in [9.17, 15) is 14.7 Å². The molecule has 0 radical (unpaired) electrons. The third-order valence-corrected chi connectivity index (χ3v) is 6.02. The molecule has 0 aliphatic heterocycles. The summed E-state index contributed by atoms with van der Waals surface area (Å²) in [5, 5.41) is 12.7. The van der Waals surface area contributed by atoms with Crippen LogP contribution < -0.4 is 5.32 Å². The number of aromatic nitrogens is 1. The number of nitrogens with one attached hydrogen (secondary N) is 1. The molecule has 0 saturated heterocycles. The number of carbonyl (C=O) groups excluding carboxylic acids is 1. The van der Waals surface area contributed by atoms with Crippen molar-refractivity contribution in [1.29, 1.82) is 0 Å². The lowest BCUT2D eigenvalue weighted by molar-refractivity contribution is -0.137. The molecule has 2 aromatic carbocycles. The van der Waals surface area contributed by atoms with Crippen molar-refractivity contribution < 1.29 is 19.4 Å². The van der Waals surface area contributed by atoms with Crippen molar-refractivity contribution in [2.24, 2.45) is 0 Å². The number of hydrogen-bond donors (Lipinski definition) is 2. The summed E-state index contributed by atoms with van der Waals surface area (Å²) in [5.41, 5.74) is 4.56. The van der Waals surface area contributed by atoms with Gasteiger partial charge in [-0.05, 0) is 29.2 Å². The molecule has 0 bridgehead atoms. The molecule has 4 rings (SSSR count). The van der Waals surface area contributed by atoms with E-state index in [1.165, 1.54) is 11.3 Å². The zero-order valence-corrected chi connectivity index (χ0v) is 16.6. The number of rotatable bonds is 6. The van der Waals surface area contributed by atoms with Crippen LogP contribution in [0.25, 0.3) is 11.1 Å². The van der Waals surface area contributed by atoms with Crippen molar-refractivity contribution in [3.63, 3.8) is 0 Å². The second kappa shape index (κ2) is 8.05. The molecule has 1 atom stereocenters. The number of carboxylic acids is 1. The van der Waals surface area contributed by atoms with Crippen molar-refractivity contribution >= 4 is 23.4 Å². The molecule has 6 nitrogen and oxygen atoms in total. The van der Waals surface area contributed by atoms with Gasteiger partial charge in [-0.3, -0.25) is 4.79 Å². The first-order valence-corrected chi connectivity index (χ1v) is 10.1. The van der Waals surface area contributed by atoms with Crippen molar-refractivity contribution in [2.75, 3.05) is 6.61 Å². The molecule has 1 amide bonds. The predicted molar refractivity (Wildman–Crippen MR) is 110 cm³/mol. The molecule has 1 aliphatic carbocycles. The van der Waals surface area contributed by atoms with Gasteiger partial charge in [-0.2, -0.15) is 0 Å². The Hall–Kier alpha value is -3.19. The van der Waals surface area contributed by atoms with E-state index < -0.39 is 18.1 Å². The summed E-state index contributed by atoms with van der Waals surface area (Å²) in [4.78, 5) is 28.5. The summed E-state index contributed by atoms with van der Waals surface area (Å²) in [7, 11) is 0. The number of amides is 1. The van der Waals surface area contributed by atoms with Gasteiger partial charge >= 0.3 is 12.1 Å². The summed E-state index contributed by atoms with van der Waals surface area (Å²) in [6.45, 7) is 2.01. The first kappa shape index (κ1) is 19.1. The minimum Gasteiger partial charge on any atom is -0.481 e. The van der Waals surface area contributed by atoms with Crippen LogP contribution in [0.3, 0.4) is 0 Å². The molecule has 29 heavy (non-hydrogen) atoms. The van der Waals surface area contributed by atoms with Crippen LogP contribution in [0.2, 0.25) is 0 Å². The van der Waals surface area contributed by atoms with E-state index in [2.05, 4.69) is 34.6 Å². The first-order chi connectivity index (χ1) is 14.0. The van der Waals surface area contributed by atoms with E-state index in [0.29, 0.717) is 4.88 Å². The van der Waals surface area contributed by atoms with Crippen LogP contribution in [0.4, 0.5) is 4.79 Å². The van der Waals surface area contributed by atoms with Crippen LogP contribution in [0.15, 0.2) is 54.7 Å². The molecular weight excluding hydrogens is 388 g/mol. The fourth-order valence-electron chi connectivity index (χ4n) is 3.72. The zero-order valence-electron chi connectivity index (χ0n) is 15.8. The minimum absolute atomic E-state index is 0.0447. The Bertz CT molecular complexity index is 1020. The molecule has 0 saturated carbocycles. The number of benzene rings is 2. The summed E-state index contributed by atoms with van der Waals surface area (Å²) < 4.78 is 5.52. The van der Waals surface area contributed by atoms with Gasteiger partial charge < -0.3 is 15.2 Å². The van der Waals surface area contributed by atoms with E-state index in [1.54, 1.807) is 6.20 Å². The average Bonchev–Trinajstić information content (AvgIpc) is 3.27. The molecule has 3 aromatic rings. The predicted octanol–water partition coefficient (Wildman–Crippen LogP) is 4.51. The highest BCUT2D eigenvalue weighted by Gasteiger charge is 2.29. The highest BCUT2D eigenvalue weighted by molar-refractivity contribution is 7.11. The van der Waals surface area contributed by atoms with Crippen LogP contribution in [0, 0.1) is 6.92 Å². The quantitative estimate of drug-likeness (QED) is 0.627. The molecule has 148 valence electrons. The third-order valence-electron chi connectivity index (χ3n) is 5.00. The minimum atomic E-state index is -1.000. The summed E-state index contributed by atoms with van der Waals surface area (Å²) in [6, 6.07) is 15.5. The number of aryl methyl sites for hydroxylation is 1. The van der Waals surface area contributed by atoms with Crippen molar-refractivity contribution in [2.45, 2.75) is 25.3 Å². The monoisotopic (exact) mass is 408 g/mol. The van der Waals surface area contributed by atoms with Gasteiger partial charge in [-0.15, -0.1) is 11.3 Å². The fourth-order valence-corrected chi connectivity index (χ4v) is 4.56. The lowest BCUT2D eigenvalue weighted by atomic mass is 9.98. The first-order valence-electron chi connectivity index (χ1n) is 9.28. The molecule has 7 heteroatoms. The Morgan fingerprint density at radius 2 is 1.76 bits per heavy atom. The van der Waals surface area contributed by atoms with Crippen molar-refractivity contribution in [1.82, 2.24) is 10.3 Å². The van der Waals surface area contributed by atoms with Gasteiger partial charge in [0.2, 0.25) is 0 Å². The van der Waals surface area contributed by atoms with Gasteiger partial charge in [0.15, 0.2) is 0 Å². The zero-order chi connectivity index (χ0) is 20.4. The summed E-state index contributed by atoms with van der Waals surface area (Å²) in [5.74, 6) is -1.04. The standard InChI is InChI=1S/C22H20N2O4S/c1-13-23-11-20(29-13)19(10-21(25)26)24-22(27)28-12-18-16-8-4-2-6-14(16)15-7-3-5-9-17(15)18/h2-9,11,18-19H,10,12H2,1H3,(H,24,27)(H,25,26). The van der Waals surface area contributed by atoms with E-state index >= 15 is 0 Å². The lowest BCUT2D eigenvalue weighted by Gasteiger charge is -2.18. The number of aliphatic carboxylic acids is 1. The largest absolute Gasteiger partial charge is 0.481 e. The van der Waals surface area contributed by atoms with Crippen LogP contribution in [0.5, 0.6) is 0 Å². The van der Waals surface area contributed by atoms with Crippen molar-refractivity contribution in [3.8, 4) is 11.1 Å². The fraction of sp³-hybridized carbons (Fsp3) is 0.227. The highest BCUT2D eigenvalue weighted by Crippen LogP contribution is 2.44. The number of alkyl carbamates (subject to hydrolysis) is 1. The summed E-state index contributed by atoms with van der Waals surface area (Å²) in [6.07, 6.45) is 0.729. The SMILES string of the molecule is Cc1ncc(C(CC(=O)O)NC(=O)OCC2c3ccccc3-c3ccccc32)s1. The number of hydrogen-bond acceptors (Lipinski definition) is 5. The maximum atomic E-state index is 12.5. The average molecular weight is 408 g/mol. The normalized spacial score (nSPS) is 13.4. The van der Waals surface area contributed by atoms with Gasteiger partial charge in [-0.1, -0.05) is 48.5 Å². The van der Waals surface area contributed by atoms with Crippen LogP contribution in [-0.4, -0.2) is 28.8 Å². The highest BCUT2D eigenvalue weighted by atomic mass is 32.1. The number of carbonyl (C=O) groups is 2. The van der Waals surface area contributed by atoms with Gasteiger partial charge in [-0.25, -0.2) is 9.78 Å². The smallest absolute Gasteiger partial charge is 0.407 e. The van der Waals surface area contributed by atoms with E-state index in [1.807, 2.05) is 31.2 Å².